The second kappa shape index (κ2) is 5.27. The smallest absolute Gasteiger partial charge is 0.125 e. The van der Waals surface area contributed by atoms with Gasteiger partial charge in [-0.3, -0.25) is 0 Å². The largest absolute Gasteiger partial charge is 0.371 e. The molecule has 0 bridgehead atoms. The van der Waals surface area contributed by atoms with Crippen molar-refractivity contribution in [1.82, 2.24) is 0 Å². The fourth-order valence-corrected chi connectivity index (χ4v) is 2.50. The van der Waals surface area contributed by atoms with Crippen LogP contribution in [0.4, 0.5) is 10.1 Å². The van der Waals surface area contributed by atoms with E-state index in [1.54, 1.807) is 12.1 Å². The predicted molar refractivity (Wildman–Crippen MR) is 74.4 cm³/mol. The van der Waals surface area contributed by atoms with Crippen LogP contribution in [0, 0.1) is 11.2 Å². The summed E-state index contributed by atoms with van der Waals surface area (Å²) in [7, 11) is 0. The Morgan fingerprint density at radius 3 is 2.50 bits per heavy atom. The van der Waals surface area contributed by atoms with Crippen LogP contribution in [-0.4, -0.2) is 19.6 Å². The number of anilines is 1. The molecule has 2 rings (SSSR count). The van der Waals surface area contributed by atoms with E-state index in [2.05, 4.69) is 24.8 Å². The highest BCUT2D eigenvalue weighted by Gasteiger charge is 2.25. The van der Waals surface area contributed by atoms with E-state index >= 15 is 0 Å². The first kappa shape index (κ1) is 13.3. The lowest BCUT2D eigenvalue weighted by Gasteiger charge is -2.38. The normalized spacial score (nSPS) is 19.0. The second-order valence-corrected chi connectivity index (χ2v) is 6.01. The van der Waals surface area contributed by atoms with Gasteiger partial charge in [0, 0.05) is 18.8 Å². The summed E-state index contributed by atoms with van der Waals surface area (Å²) in [5, 5.41) is 0. The van der Waals surface area contributed by atoms with Crippen LogP contribution in [-0.2, 0) is 6.42 Å². The molecule has 1 heterocycles. The third-order valence-electron chi connectivity index (χ3n) is 3.86. The molecule has 3 heteroatoms. The molecule has 0 radical (unpaired) electrons. The van der Waals surface area contributed by atoms with Crippen molar-refractivity contribution in [3.63, 3.8) is 0 Å². The number of nitrogens with two attached hydrogens (primary N) is 1. The van der Waals surface area contributed by atoms with Gasteiger partial charge in [0.15, 0.2) is 0 Å². The third-order valence-corrected chi connectivity index (χ3v) is 3.86. The summed E-state index contributed by atoms with van der Waals surface area (Å²) in [4.78, 5) is 2.29. The van der Waals surface area contributed by atoms with Gasteiger partial charge in [-0.1, -0.05) is 13.8 Å². The molecule has 2 nitrogen and oxygen atoms in total. The van der Waals surface area contributed by atoms with Gasteiger partial charge in [0.05, 0.1) is 0 Å². The van der Waals surface area contributed by atoms with E-state index in [1.165, 1.54) is 0 Å². The average molecular weight is 250 g/mol. The minimum Gasteiger partial charge on any atom is -0.371 e. The van der Waals surface area contributed by atoms with Crippen LogP contribution in [0.15, 0.2) is 18.2 Å². The highest BCUT2D eigenvalue weighted by atomic mass is 19.1. The van der Waals surface area contributed by atoms with Gasteiger partial charge < -0.3 is 10.6 Å². The summed E-state index contributed by atoms with van der Waals surface area (Å²) >= 11 is 0. The molecule has 2 N–H and O–H groups in total. The molecule has 1 aliphatic rings. The fourth-order valence-electron chi connectivity index (χ4n) is 2.50. The van der Waals surface area contributed by atoms with Crippen molar-refractivity contribution >= 4 is 5.69 Å². The number of benzene rings is 1. The van der Waals surface area contributed by atoms with Gasteiger partial charge in [0.2, 0.25) is 0 Å². The zero-order chi connectivity index (χ0) is 13.2. The van der Waals surface area contributed by atoms with Gasteiger partial charge in [0.1, 0.15) is 5.82 Å². The quantitative estimate of drug-likeness (QED) is 0.893. The molecule has 0 saturated carbocycles. The summed E-state index contributed by atoms with van der Waals surface area (Å²) in [6, 6.07) is 5.30. The molecule has 1 aromatic carbocycles. The number of halogens is 1. The van der Waals surface area contributed by atoms with Crippen molar-refractivity contribution in [1.29, 1.82) is 0 Å². The van der Waals surface area contributed by atoms with Gasteiger partial charge in [0.25, 0.3) is 0 Å². The van der Waals surface area contributed by atoms with Crippen LogP contribution in [0.3, 0.4) is 0 Å². The first-order valence-electron chi connectivity index (χ1n) is 6.75. The molecular weight excluding hydrogens is 227 g/mol. The molecule has 0 aliphatic carbocycles. The van der Waals surface area contributed by atoms with Crippen LogP contribution in [0.2, 0.25) is 0 Å². The highest BCUT2D eigenvalue weighted by Crippen LogP contribution is 2.32. The minimum atomic E-state index is -0.152. The summed E-state index contributed by atoms with van der Waals surface area (Å²) < 4.78 is 13.6. The molecule has 1 aliphatic heterocycles. The van der Waals surface area contributed by atoms with E-state index < -0.39 is 0 Å². The number of nitrogens with zero attached hydrogens (tertiary/aromatic N) is 1. The zero-order valence-corrected chi connectivity index (χ0v) is 11.4. The molecular formula is C15H23FN2. The molecule has 0 amide bonds. The lowest BCUT2D eigenvalue weighted by atomic mass is 9.82. The Kier molecular flexibility index (Phi) is 3.91. The minimum absolute atomic E-state index is 0.152. The Hall–Kier alpha value is -1.09. The van der Waals surface area contributed by atoms with Gasteiger partial charge in [-0.15, -0.1) is 0 Å². The highest BCUT2D eigenvalue weighted by molar-refractivity contribution is 5.49. The summed E-state index contributed by atoms with van der Waals surface area (Å²) in [6.45, 7) is 7.19. The number of hydrogen-bond donors (Lipinski definition) is 1. The van der Waals surface area contributed by atoms with Gasteiger partial charge in [-0.2, -0.15) is 0 Å². The molecule has 100 valence electrons. The zero-order valence-electron chi connectivity index (χ0n) is 11.4. The molecule has 1 aromatic rings. The number of hydrogen-bond acceptors (Lipinski definition) is 2. The van der Waals surface area contributed by atoms with Crippen LogP contribution in [0.25, 0.3) is 0 Å². The molecule has 18 heavy (non-hydrogen) atoms. The van der Waals surface area contributed by atoms with Crippen molar-refractivity contribution < 1.29 is 4.39 Å². The van der Waals surface area contributed by atoms with Crippen LogP contribution >= 0.6 is 0 Å². The Morgan fingerprint density at radius 2 is 1.89 bits per heavy atom. The molecule has 0 spiro atoms. The van der Waals surface area contributed by atoms with E-state index in [4.69, 9.17) is 5.73 Å². The van der Waals surface area contributed by atoms with Gasteiger partial charge >= 0.3 is 0 Å². The Morgan fingerprint density at radius 1 is 1.22 bits per heavy atom. The fraction of sp³-hybridized carbons (Fsp3) is 0.600. The topological polar surface area (TPSA) is 29.3 Å². The van der Waals surface area contributed by atoms with Crippen LogP contribution < -0.4 is 10.6 Å². The monoisotopic (exact) mass is 250 g/mol. The van der Waals surface area contributed by atoms with E-state index in [0.717, 1.165) is 43.6 Å². The Labute approximate surface area is 109 Å². The Bertz CT molecular complexity index is 405. The van der Waals surface area contributed by atoms with Crippen molar-refractivity contribution in [2.75, 3.05) is 24.5 Å². The maximum Gasteiger partial charge on any atom is 0.125 e. The third kappa shape index (κ3) is 3.22. The molecule has 1 saturated heterocycles. The Balaban J connectivity index is 2.13. The summed E-state index contributed by atoms with van der Waals surface area (Å²) in [5.74, 6) is -0.152. The van der Waals surface area contributed by atoms with Crippen LogP contribution in [0.1, 0.15) is 32.3 Å². The summed E-state index contributed by atoms with van der Waals surface area (Å²) in [5.41, 5.74) is 7.97. The molecule has 0 aromatic heterocycles. The number of piperidine rings is 1. The van der Waals surface area contributed by atoms with Crippen LogP contribution in [0.5, 0.6) is 0 Å². The van der Waals surface area contributed by atoms with Crippen molar-refractivity contribution in [3.05, 3.63) is 29.6 Å². The van der Waals surface area contributed by atoms with E-state index in [9.17, 15) is 4.39 Å². The first-order chi connectivity index (χ1) is 8.50. The SMILES string of the molecule is CC1(C)CCN(c2cc(F)cc(CCN)c2)CC1. The standard InChI is InChI=1S/C15H23FN2/c1-15(2)4-7-18(8-5-15)14-10-12(3-6-17)9-13(16)11-14/h9-11H,3-8,17H2,1-2H3. The second-order valence-electron chi connectivity index (χ2n) is 6.01. The van der Waals surface area contributed by atoms with E-state index in [1.807, 2.05) is 0 Å². The van der Waals surface area contributed by atoms with Crippen molar-refractivity contribution in [2.45, 2.75) is 33.1 Å². The molecule has 0 unspecified atom stereocenters. The maximum atomic E-state index is 13.6. The van der Waals surface area contributed by atoms with Gasteiger partial charge in [-0.25, -0.2) is 4.39 Å². The predicted octanol–water partition coefficient (Wildman–Crippen LogP) is 2.95. The number of rotatable bonds is 3. The maximum absolute atomic E-state index is 13.6. The average Bonchev–Trinajstić information content (AvgIpc) is 2.28. The first-order valence-corrected chi connectivity index (χ1v) is 6.75. The van der Waals surface area contributed by atoms with Crippen molar-refractivity contribution in [2.24, 2.45) is 11.1 Å². The molecule has 1 fully saturated rings. The lowest BCUT2D eigenvalue weighted by Crippen LogP contribution is -2.37. The van der Waals surface area contributed by atoms with E-state index in [0.29, 0.717) is 12.0 Å². The van der Waals surface area contributed by atoms with E-state index in [-0.39, 0.29) is 5.82 Å². The lowest BCUT2D eigenvalue weighted by molar-refractivity contribution is 0.280. The van der Waals surface area contributed by atoms with Crippen molar-refractivity contribution in [3.8, 4) is 0 Å². The summed E-state index contributed by atoms with van der Waals surface area (Å²) in [6.07, 6.45) is 3.07. The molecule has 0 atom stereocenters. The van der Waals surface area contributed by atoms with Gasteiger partial charge in [-0.05, 0) is 55.0 Å².